The molecular formula is C17H19NO. The first-order valence-electron chi connectivity index (χ1n) is 6.83. The van der Waals surface area contributed by atoms with Crippen molar-refractivity contribution in [3.8, 4) is 5.75 Å². The van der Waals surface area contributed by atoms with Crippen LogP contribution in [0.4, 0.5) is 0 Å². The Hall–Kier alpha value is -1.80. The van der Waals surface area contributed by atoms with Crippen LogP contribution < -0.4 is 10.1 Å². The maximum absolute atomic E-state index is 5.74. The van der Waals surface area contributed by atoms with Gasteiger partial charge in [0.25, 0.3) is 0 Å². The van der Waals surface area contributed by atoms with E-state index in [2.05, 4.69) is 54.7 Å². The second-order valence-electron chi connectivity index (χ2n) is 5.11. The van der Waals surface area contributed by atoms with Crippen LogP contribution in [-0.4, -0.2) is 12.6 Å². The van der Waals surface area contributed by atoms with E-state index in [4.69, 9.17) is 4.74 Å². The Morgan fingerprint density at radius 3 is 2.68 bits per heavy atom. The molecule has 0 aromatic heterocycles. The average Bonchev–Trinajstić information content (AvgIpc) is 2.90. The number of hydrogen-bond donors (Lipinski definition) is 1. The number of ether oxygens (including phenoxy) is 1. The molecule has 0 radical (unpaired) electrons. The van der Waals surface area contributed by atoms with Crippen LogP contribution in [0.2, 0.25) is 0 Å². The summed E-state index contributed by atoms with van der Waals surface area (Å²) >= 11 is 0. The summed E-state index contributed by atoms with van der Waals surface area (Å²) in [7, 11) is 0. The number of fused-ring (bicyclic) bond motifs is 1. The lowest BCUT2D eigenvalue weighted by atomic mass is 9.94. The van der Waals surface area contributed by atoms with Gasteiger partial charge in [-0.3, -0.25) is 0 Å². The van der Waals surface area contributed by atoms with Crippen molar-refractivity contribution in [1.29, 1.82) is 0 Å². The van der Waals surface area contributed by atoms with Gasteiger partial charge in [0.1, 0.15) is 5.75 Å². The molecule has 1 N–H and O–H groups in total. The molecule has 2 heteroatoms. The molecular weight excluding hydrogens is 234 g/mol. The summed E-state index contributed by atoms with van der Waals surface area (Å²) in [5, 5.41) is 3.60. The Morgan fingerprint density at radius 1 is 1.11 bits per heavy atom. The Labute approximate surface area is 114 Å². The molecule has 0 fully saturated rings. The van der Waals surface area contributed by atoms with E-state index in [9.17, 15) is 0 Å². The van der Waals surface area contributed by atoms with Crippen LogP contribution in [0.25, 0.3) is 0 Å². The van der Waals surface area contributed by atoms with Gasteiger partial charge in [0, 0.05) is 24.1 Å². The minimum atomic E-state index is 0.406. The van der Waals surface area contributed by atoms with Crippen molar-refractivity contribution in [2.45, 2.75) is 25.4 Å². The molecule has 1 aliphatic rings. The first-order valence-corrected chi connectivity index (χ1v) is 6.83. The van der Waals surface area contributed by atoms with Crippen LogP contribution in [0.15, 0.2) is 54.6 Å². The lowest BCUT2D eigenvalue weighted by Crippen LogP contribution is -2.32. The number of nitrogens with one attached hydrogen (secondary N) is 1. The van der Waals surface area contributed by atoms with Crippen molar-refractivity contribution in [3.63, 3.8) is 0 Å². The molecule has 19 heavy (non-hydrogen) atoms. The SMILES string of the molecule is C[C@@H](NCc1ccccc1)[C@H]1COc2ccccc21. The highest BCUT2D eigenvalue weighted by Crippen LogP contribution is 2.35. The zero-order valence-corrected chi connectivity index (χ0v) is 11.2. The number of hydrogen-bond acceptors (Lipinski definition) is 2. The summed E-state index contributed by atoms with van der Waals surface area (Å²) in [4.78, 5) is 0. The van der Waals surface area contributed by atoms with Crippen LogP contribution in [0.1, 0.15) is 24.0 Å². The van der Waals surface area contributed by atoms with E-state index >= 15 is 0 Å². The van der Waals surface area contributed by atoms with Crippen molar-refractivity contribution in [1.82, 2.24) is 5.32 Å². The normalized spacial score (nSPS) is 18.7. The van der Waals surface area contributed by atoms with Crippen LogP contribution in [0.5, 0.6) is 5.75 Å². The van der Waals surface area contributed by atoms with Crippen molar-refractivity contribution >= 4 is 0 Å². The highest BCUT2D eigenvalue weighted by Gasteiger charge is 2.28. The van der Waals surface area contributed by atoms with E-state index in [0.29, 0.717) is 12.0 Å². The monoisotopic (exact) mass is 253 g/mol. The van der Waals surface area contributed by atoms with E-state index in [-0.39, 0.29) is 0 Å². The molecule has 2 aromatic rings. The molecule has 1 heterocycles. The van der Waals surface area contributed by atoms with Gasteiger partial charge in [-0.1, -0.05) is 48.5 Å². The lowest BCUT2D eigenvalue weighted by molar-refractivity contribution is 0.303. The van der Waals surface area contributed by atoms with Gasteiger partial charge in [0.15, 0.2) is 0 Å². The fourth-order valence-corrected chi connectivity index (χ4v) is 2.62. The van der Waals surface area contributed by atoms with Crippen molar-refractivity contribution < 1.29 is 4.74 Å². The molecule has 2 aromatic carbocycles. The Kier molecular flexibility index (Phi) is 3.51. The molecule has 0 aliphatic carbocycles. The molecule has 3 rings (SSSR count). The Balaban J connectivity index is 1.64. The van der Waals surface area contributed by atoms with Gasteiger partial charge >= 0.3 is 0 Å². The molecule has 0 unspecified atom stereocenters. The van der Waals surface area contributed by atoms with E-state index in [0.717, 1.165) is 18.9 Å². The first kappa shape index (κ1) is 12.2. The predicted octanol–water partition coefficient (Wildman–Crippen LogP) is 3.34. The minimum Gasteiger partial charge on any atom is -0.493 e. The third kappa shape index (κ3) is 2.64. The zero-order chi connectivity index (χ0) is 13.1. The highest BCUT2D eigenvalue weighted by atomic mass is 16.5. The first-order chi connectivity index (χ1) is 9.34. The molecule has 98 valence electrons. The molecule has 0 bridgehead atoms. The molecule has 2 atom stereocenters. The van der Waals surface area contributed by atoms with Crippen LogP contribution in [-0.2, 0) is 6.54 Å². The third-order valence-electron chi connectivity index (χ3n) is 3.81. The Morgan fingerprint density at radius 2 is 1.84 bits per heavy atom. The van der Waals surface area contributed by atoms with Crippen molar-refractivity contribution in [3.05, 3.63) is 65.7 Å². The van der Waals surface area contributed by atoms with Crippen LogP contribution in [0, 0.1) is 0 Å². The summed E-state index contributed by atoms with van der Waals surface area (Å²) in [6.45, 7) is 3.92. The smallest absolute Gasteiger partial charge is 0.122 e. The van der Waals surface area contributed by atoms with Gasteiger partial charge < -0.3 is 10.1 Å². The molecule has 0 spiro atoms. The predicted molar refractivity (Wildman–Crippen MR) is 77.4 cm³/mol. The molecule has 1 aliphatic heterocycles. The topological polar surface area (TPSA) is 21.3 Å². The summed E-state index contributed by atoms with van der Waals surface area (Å²) in [5.41, 5.74) is 2.65. The van der Waals surface area contributed by atoms with Gasteiger partial charge in [-0.05, 0) is 18.6 Å². The van der Waals surface area contributed by atoms with Gasteiger partial charge in [-0.2, -0.15) is 0 Å². The standard InChI is InChI=1S/C17H19NO/c1-13(18-11-14-7-3-2-4-8-14)16-12-19-17-10-6-5-9-15(16)17/h2-10,13,16,18H,11-12H2,1H3/t13-,16-/m1/s1. The summed E-state index contributed by atoms with van der Waals surface area (Å²) < 4.78 is 5.74. The average molecular weight is 253 g/mol. The third-order valence-corrected chi connectivity index (χ3v) is 3.81. The van der Waals surface area contributed by atoms with Crippen molar-refractivity contribution in [2.75, 3.05) is 6.61 Å². The van der Waals surface area contributed by atoms with E-state index in [1.54, 1.807) is 0 Å². The number of para-hydroxylation sites is 1. The van der Waals surface area contributed by atoms with Gasteiger partial charge in [0.05, 0.1) is 6.61 Å². The second-order valence-corrected chi connectivity index (χ2v) is 5.11. The molecule has 0 saturated heterocycles. The summed E-state index contributed by atoms with van der Waals surface area (Å²) in [6, 6.07) is 19.3. The maximum atomic E-state index is 5.74. The molecule has 0 saturated carbocycles. The molecule has 0 amide bonds. The van der Waals surface area contributed by atoms with Gasteiger partial charge in [-0.15, -0.1) is 0 Å². The van der Waals surface area contributed by atoms with Crippen LogP contribution in [0.3, 0.4) is 0 Å². The summed E-state index contributed by atoms with van der Waals surface area (Å²) in [6.07, 6.45) is 0. The molecule has 2 nitrogen and oxygen atoms in total. The zero-order valence-electron chi connectivity index (χ0n) is 11.2. The maximum Gasteiger partial charge on any atom is 0.122 e. The minimum absolute atomic E-state index is 0.406. The largest absolute Gasteiger partial charge is 0.493 e. The van der Waals surface area contributed by atoms with Gasteiger partial charge in [0.2, 0.25) is 0 Å². The number of benzene rings is 2. The number of rotatable bonds is 4. The van der Waals surface area contributed by atoms with Gasteiger partial charge in [-0.25, -0.2) is 0 Å². The lowest BCUT2D eigenvalue weighted by Gasteiger charge is -2.20. The van der Waals surface area contributed by atoms with Crippen molar-refractivity contribution in [2.24, 2.45) is 0 Å². The summed E-state index contributed by atoms with van der Waals surface area (Å²) in [5.74, 6) is 1.49. The second kappa shape index (κ2) is 5.45. The highest BCUT2D eigenvalue weighted by molar-refractivity contribution is 5.40. The Bertz CT molecular complexity index is 538. The quantitative estimate of drug-likeness (QED) is 0.902. The fraction of sp³-hybridized carbons (Fsp3) is 0.294. The fourth-order valence-electron chi connectivity index (χ4n) is 2.62. The van der Waals surface area contributed by atoms with E-state index in [1.165, 1.54) is 11.1 Å². The van der Waals surface area contributed by atoms with Crippen LogP contribution >= 0.6 is 0 Å². The van der Waals surface area contributed by atoms with E-state index < -0.39 is 0 Å². The van der Waals surface area contributed by atoms with E-state index in [1.807, 2.05) is 12.1 Å².